The van der Waals surface area contributed by atoms with Gasteiger partial charge >= 0.3 is 0 Å². The third-order valence-electron chi connectivity index (χ3n) is 2.67. The van der Waals surface area contributed by atoms with Gasteiger partial charge in [-0.15, -0.1) is 0 Å². The van der Waals surface area contributed by atoms with Gasteiger partial charge in [-0.1, -0.05) is 6.58 Å². The molecule has 0 saturated heterocycles. The predicted molar refractivity (Wildman–Crippen MR) is 92.8 cm³/mol. The Kier molecular flexibility index (Phi) is 20.7. The largest absolute Gasteiger partial charge is 0.496 e. The molecule has 25 heavy (non-hydrogen) atoms. The normalized spacial score (nSPS) is 11.0. The van der Waals surface area contributed by atoms with Gasteiger partial charge in [0.1, 0.15) is 6.61 Å². The Balaban J connectivity index is 2.97. The van der Waals surface area contributed by atoms with Crippen LogP contribution in [0.25, 0.3) is 0 Å². The first-order chi connectivity index (χ1) is 12.3. The third-order valence-corrected chi connectivity index (χ3v) is 2.67. The van der Waals surface area contributed by atoms with Crippen molar-refractivity contribution in [3.63, 3.8) is 0 Å². The Morgan fingerprint density at radius 3 is 1.12 bits per heavy atom. The van der Waals surface area contributed by atoms with Gasteiger partial charge in [-0.25, -0.2) is 0 Å². The predicted octanol–water partition coefficient (Wildman–Crippen LogP) is 0.629. The molecular weight excluding hydrogens is 332 g/mol. The SMILES string of the molecule is C=C(C)OCCOCCOCCOCCOCCOCCOCCO. The van der Waals surface area contributed by atoms with Crippen LogP contribution in [-0.4, -0.2) is 97.6 Å². The molecule has 0 radical (unpaired) electrons. The van der Waals surface area contributed by atoms with Crippen molar-refractivity contribution in [1.29, 1.82) is 0 Å². The van der Waals surface area contributed by atoms with Crippen LogP contribution in [0.3, 0.4) is 0 Å². The molecule has 0 aromatic rings. The zero-order valence-corrected chi connectivity index (χ0v) is 15.4. The molecule has 0 heterocycles. The fourth-order valence-electron chi connectivity index (χ4n) is 1.54. The first kappa shape index (κ1) is 24.3. The highest BCUT2D eigenvalue weighted by Gasteiger charge is 1.94. The van der Waals surface area contributed by atoms with Crippen LogP contribution in [0.15, 0.2) is 12.3 Å². The van der Waals surface area contributed by atoms with Crippen molar-refractivity contribution in [2.24, 2.45) is 0 Å². The molecule has 0 aromatic heterocycles. The molecule has 0 saturated carbocycles. The van der Waals surface area contributed by atoms with E-state index in [1.807, 2.05) is 0 Å². The zero-order valence-electron chi connectivity index (χ0n) is 15.4. The minimum Gasteiger partial charge on any atom is -0.496 e. The van der Waals surface area contributed by atoms with E-state index in [1.54, 1.807) is 6.92 Å². The van der Waals surface area contributed by atoms with Gasteiger partial charge in [-0.3, -0.25) is 0 Å². The lowest BCUT2D eigenvalue weighted by Gasteiger charge is -2.08. The van der Waals surface area contributed by atoms with Crippen LogP contribution in [0.4, 0.5) is 0 Å². The second-order valence-corrected chi connectivity index (χ2v) is 4.95. The minimum absolute atomic E-state index is 0.0349. The smallest absolute Gasteiger partial charge is 0.111 e. The Morgan fingerprint density at radius 2 is 0.840 bits per heavy atom. The van der Waals surface area contributed by atoms with Crippen LogP contribution in [-0.2, 0) is 33.2 Å². The monoisotopic (exact) mass is 366 g/mol. The fourth-order valence-corrected chi connectivity index (χ4v) is 1.54. The van der Waals surface area contributed by atoms with E-state index in [-0.39, 0.29) is 6.61 Å². The summed E-state index contributed by atoms with van der Waals surface area (Å²) in [4.78, 5) is 0. The van der Waals surface area contributed by atoms with Crippen molar-refractivity contribution in [2.75, 3.05) is 92.5 Å². The lowest BCUT2D eigenvalue weighted by molar-refractivity contribution is -0.0199. The highest BCUT2D eigenvalue weighted by Crippen LogP contribution is 1.89. The van der Waals surface area contributed by atoms with Crippen molar-refractivity contribution in [2.45, 2.75) is 6.92 Å². The van der Waals surface area contributed by atoms with Gasteiger partial charge in [0, 0.05) is 0 Å². The Morgan fingerprint density at radius 1 is 0.560 bits per heavy atom. The van der Waals surface area contributed by atoms with Gasteiger partial charge in [-0.2, -0.15) is 0 Å². The molecular formula is C17H34O8. The number of hydrogen-bond donors (Lipinski definition) is 1. The molecule has 0 atom stereocenters. The Hall–Kier alpha value is -0.740. The Labute approximate surface area is 150 Å². The lowest BCUT2D eigenvalue weighted by Crippen LogP contribution is -2.14. The molecule has 1 N–H and O–H groups in total. The maximum absolute atomic E-state index is 8.51. The lowest BCUT2D eigenvalue weighted by atomic mass is 10.6. The van der Waals surface area contributed by atoms with Gasteiger partial charge in [-0.05, 0) is 6.92 Å². The van der Waals surface area contributed by atoms with E-state index in [1.165, 1.54) is 0 Å². The summed E-state index contributed by atoms with van der Waals surface area (Å²) in [6.07, 6.45) is 0. The standard InChI is InChI=1S/C17H34O8/c1-17(2)25-16-15-24-14-13-23-12-11-22-10-9-21-8-7-20-6-5-19-4-3-18/h18H,1,3-16H2,2H3. The molecule has 8 heteroatoms. The van der Waals surface area contributed by atoms with Crippen molar-refractivity contribution in [1.82, 2.24) is 0 Å². The topological polar surface area (TPSA) is 84.8 Å². The molecule has 8 nitrogen and oxygen atoms in total. The fraction of sp³-hybridized carbons (Fsp3) is 0.882. The van der Waals surface area contributed by atoms with Gasteiger partial charge in [0.25, 0.3) is 0 Å². The van der Waals surface area contributed by atoms with Gasteiger partial charge in [0.05, 0.1) is 91.6 Å². The van der Waals surface area contributed by atoms with E-state index in [2.05, 4.69) is 6.58 Å². The van der Waals surface area contributed by atoms with Crippen molar-refractivity contribution < 1.29 is 38.3 Å². The number of ether oxygens (including phenoxy) is 7. The van der Waals surface area contributed by atoms with Gasteiger partial charge < -0.3 is 38.3 Å². The third kappa shape index (κ3) is 23.3. The molecule has 0 fully saturated rings. The second-order valence-electron chi connectivity index (χ2n) is 4.95. The van der Waals surface area contributed by atoms with Gasteiger partial charge in [0.15, 0.2) is 0 Å². The molecule has 0 amide bonds. The van der Waals surface area contributed by atoms with E-state index in [0.717, 1.165) is 0 Å². The van der Waals surface area contributed by atoms with Crippen molar-refractivity contribution >= 4 is 0 Å². The first-order valence-electron chi connectivity index (χ1n) is 8.63. The molecule has 0 rings (SSSR count). The van der Waals surface area contributed by atoms with Crippen LogP contribution < -0.4 is 0 Å². The number of hydrogen-bond acceptors (Lipinski definition) is 8. The maximum Gasteiger partial charge on any atom is 0.111 e. The van der Waals surface area contributed by atoms with E-state index in [9.17, 15) is 0 Å². The summed E-state index contributed by atoms with van der Waals surface area (Å²) in [5.74, 6) is 0.692. The van der Waals surface area contributed by atoms with Crippen molar-refractivity contribution in [3.8, 4) is 0 Å². The van der Waals surface area contributed by atoms with Crippen LogP contribution in [0, 0.1) is 0 Å². The quantitative estimate of drug-likeness (QED) is 0.234. The second kappa shape index (κ2) is 21.3. The number of aliphatic hydroxyl groups excluding tert-OH is 1. The summed E-state index contributed by atoms with van der Waals surface area (Å²) in [5, 5.41) is 8.51. The Bertz CT molecular complexity index is 275. The summed E-state index contributed by atoms with van der Waals surface area (Å²) in [7, 11) is 0. The number of allylic oxidation sites excluding steroid dienone is 1. The molecule has 0 aliphatic heterocycles. The average Bonchev–Trinajstić information content (AvgIpc) is 2.60. The van der Waals surface area contributed by atoms with E-state index in [0.29, 0.717) is 91.6 Å². The van der Waals surface area contributed by atoms with Gasteiger partial charge in [0.2, 0.25) is 0 Å². The molecule has 0 bridgehead atoms. The van der Waals surface area contributed by atoms with Crippen LogP contribution in [0.5, 0.6) is 0 Å². The van der Waals surface area contributed by atoms with Crippen molar-refractivity contribution in [3.05, 3.63) is 12.3 Å². The zero-order chi connectivity index (χ0) is 18.4. The molecule has 150 valence electrons. The molecule has 0 aromatic carbocycles. The van der Waals surface area contributed by atoms with Crippen LogP contribution in [0.1, 0.15) is 6.92 Å². The highest BCUT2D eigenvalue weighted by atomic mass is 16.6. The van der Waals surface area contributed by atoms with E-state index < -0.39 is 0 Å². The summed E-state index contributed by atoms with van der Waals surface area (Å²) >= 11 is 0. The number of aliphatic hydroxyl groups is 1. The minimum atomic E-state index is 0.0349. The summed E-state index contributed by atoms with van der Waals surface area (Å²) < 4.78 is 36.9. The van der Waals surface area contributed by atoms with E-state index >= 15 is 0 Å². The summed E-state index contributed by atoms with van der Waals surface area (Å²) in [6.45, 7) is 12.1. The van der Waals surface area contributed by atoms with E-state index in [4.69, 9.17) is 38.3 Å². The molecule has 0 aliphatic carbocycles. The molecule has 0 unspecified atom stereocenters. The molecule has 0 spiro atoms. The van der Waals surface area contributed by atoms with Crippen LogP contribution in [0.2, 0.25) is 0 Å². The highest BCUT2D eigenvalue weighted by molar-refractivity contribution is 4.72. The average molecular weight is 366 g/mol. The van der Waals surface area contributed by atoms with Crippen LogP contribution >= 0.6 is 0 Å². The maximum atomic E-state index is 8.51. The summed E-state index contributed by atoms with van der Waals surface area (Å²) in [6, 6.07) is 0. The molecule has 0 aliphatic rings. The number of rotatable bonds is 21. The first-order valence-corrected chi connectivity index (χ1v) is 8.63. The summed E-state index contributed by atoms with van der Waals surface area (Å²) in [5.41, 5.74) is 0.